The van der Waals surface area contributed by atoms with Gasteiger partial charge in [-0.05, 0) is 17.7 Å². The van der Waals surface area contributed by atoms with Gasteiger partial charge in [0, 0.05) is 35.3 Å². The molecule has 3 rings (SSSR count). The summed E-state index contributed by atoms with van der Waals surface area (Å²) in [5, 5.41) is 1.21. The lowest BCUT2D eigenvalue weighted by Crippen LogP contribution is -1.82. The Hall–Kier alpha value is -2.35. The SMILES string of the molecule is Cn1cc(-c2cccc(C=O)c2)c2ccccc21. The van der Waals surface area contributed by atoms with Crippen LogP contribution in [0.25, 0.3) is 22.0 Å². The Labute approximate surface area is 105 Å². The van der Waals surface area contributed by atoms with Crippen LogP contribution in [0.4, 0.5) is 0 Å². The lowest BCUT2D eigenvalue weighted by atomic mass is 10.0. The first-order chi connectivity index (χ1) is 8.79. The van der Waals surface area contributed by atoms with Gasteiger partial charge >= 0.3 is 0 Å². The Morgan fingerprint density at radius 1 is 1.06 bits per heavy atom. The molecule has 0 atom stereocenters. The van der Waals surface area contributed by atoms with Crippen LogP contribution in [0.5, 0.6) is 0 Å². The maximum atomic E-state index is 10.9. The summed E-state index contributed by atoms with van der Waals surface area (Å²) in [5.74, 6) is 0. The third-order valence-electron chi connectivity index (χ3n) is 3.23. The van der Waals surface area contributed by atoms with Gasteiger partial charge in [0.15, 0.2) is 0 Å². The van der Waals surface area contributed by atoms with E-state index in [1.807, 2.05) is 43.4 Å². The maximum absolute atomic E-state index is 10.9. The molecule has 0 fully saturated rings. The van der Waals surface area contributed by atoms with Crippen LogP contribution in [0, 0.1) is 0 Å². The molecule has 3 aromatic rings. The van der Waals surface area contributed by atoms with Crippen molar-refractivity contribution in [3.63, 3.8) is 0 Å². The Kier molecular flexibility index (Phi) is 2.49. The third-order valence-corrected chi connectivity index (χ3v) is 3.23. The number of nitrogens with zero attached hydrogens (tertiary/aromatic N) is 1. The van der Waals surface area contributed by atoms with Gasteiger partial charge in [0.2, 0.25) is 0 Å². The fraction of sp³-hybridized carbons (Fsp3) is 0.0625. The number of carbonyl (C=O) groups is 1. The monoisotopic (exact) mass is 235 g/mol. The average Bonchev–Trinajstić information content (AvgIpc) is 2.77. The van der Waals surface area contributed by atoms with Gasteiger partial charge < -0.3 is 4.57 Å². The largest absolute Gasteiger partial charge is 0.350 e. The number of hydrogen-bond acceptors (Lipinski definition) is 1. The summed E-state index contributed by atoms with van der Waals surface area (Å²) in [6.07, 6.45) is 2.99. The fourth-order valence-corrected chi connectivity index (χ4v) is 2.35. The van der Waals surface area contributed by atoms with E-state index in [-0.39, 0.29) is 0 Å². The third kappa shape index (κ3) is 1.63. The first kappa shape index (κ1) is 10.8. The zero-order valence-electron chi connectivity index (χ0n) is 10.1. The van der Waals surface area contributed by atoms with Gasteiger partial charge in [0.05, 0.1) is 0 Å². The molecule has 0 unspecified atom stereocenters. The van der Waals surface area contributed by atoms with Gasteiger partial charge in [0.1, 0.15) is 6.29 Å². The molecular weight excluding hydrogens is 222 g/mol. The van der Waals surface area contributed by atoms with Crippen LogP contribution in [0.15, 0.2) is 54.7 Å². The number of aldehydes is 1. The minimum absolute atomic E-state index is 0.709. The van der Waals surface area contributed by atoms with Crippen molar-refractivity contribution in [2.24, 2.45) is 7.05 Å². The Balaban J connectivity index is 2.28. The summed E-state index contributed by atoms with van der Waals surface area (Å²) in [7, 11) is 2.04. The van der Waals surface area contributed by atoms with Crippen LogP contribution in [-0.2, 0) is 7.05 Å². The molecule has 0 N–H and O–H groups in total. The van der Waals surface area contributed by atoms with E-state index < -0.39 is 0 Å². The van der Waals surface area contributed by atoms with Gasteiger partial charge in [-0.2, -0.15) is 0 Å². The highest BCUT2D eigenvalue weighted by Crippen LogP contribution is 2.30. The molecule has 0 aliphatic heterocycles. The summed E-state index contributed by atoms with van der Waals surface area (Å²) in [4.78, 5) is 10.9. The molecule has 1 heterocycles. The number of aromatic nitrogens is 1. The molecule has 0 aliphatic carbocycles. The van der Waals surface area contributed by atoms with E-state index in [1.165, 1.54) is 10.9 Å². The molecule has 2 nitrogen and oxygen atoms in total. The molecule has 0 amide bonds. The Morgan fingerprint density at radius 3 is 2.72 bits per heavy atom. The highest BCUT2D eigenvalue weighted by Gasteiger charge is 2.07. The lowest BCUT2D eigenvalue weighted by Gasteiger charge is -2.00. The van der Waals surface area contributed by atoms with Crippen LogP contribution < -0.4 is 0 Å². The Morgan fingerprint density at radius 2 is 1.89 bits per heavy atom. The summed E-state index contributed by atoms with van der Waals surface area (Å²) in [6.45, 7) is 0. The van der Waals surface area contributed by atoms with Crippen molar-refractivity contribution in [3.8, 4) is 11.1 Å². The van der Waals surface area contributed by atoms with E-state index >= 15 is 0 Å². The highest BCUT2D eigenvalue weighted by atomic mass is 16.1. The van der Waals surface area contributed by atoms with E-state index in [0.717, 1.165) is 17.4 Å². The molecule has 0 saturated carbocycles. The van der Waals surface area contributed by atoms with E-state index in [1.54, 1.807) is 0 Å². The average molecular weight is 235 g/mol. The van der Waals surface area contributed by atoms with Crippen molar-refractivity contribution >= 4 is 17.2 Å². The summed E-state index contributed by atoms with van der Waals surface area (Å²) in [6, 6.07) is 16.0. The minimum Gasteiger partial charge on any atom is -0.350 e. The predicted molar refractivity (Wildman–Crippen MR) is 73.7 cm³/mol. The standard InChI is InChI=1S/C16H13NO/c1-17-10-15(14-7-2-3-8-16(14)17)13-6-4-5-12(9-13)11-18/h2-11H,1H3. The molecule has 0 aliphatic rings. The van der Waals surface area contributed by atoms with Gasteiger partial charge in [-0.15, -0.1) is 0 Å². The second kappa shape index (κ2) is 4.15. The number of fused-ring (bicyclic) bond motifs is 1. The van der Waals surface area contributed by atoms with E-state index in [9.17, 15) is 4.79 Å². The van der Waals surface area contributed by atoms with E-state index in [2.05, 4.69) is 22.9 Å². The van der Waals surface area contributed by atoms with Gasteiger partial charge in [0.25, 0.3) is 0 Å². The first-order valence-corrected chi connectivity index (χ1v) is 5.89. The van der Waals surface area contributed by atoms with Crippen molar-refractivity contribution in [3.05, 3.63) is 60.3 Å². The number of aryl methyl sites for hydroxylation is 1. The molecule has 0 bridgehead atoms. The van der Waals surface area contributed by atoms with Crippen molar-refractivity contribution in [1.29, 1.82) is 0 Å². The molecule has 0 radical (unpaired) electrons. The molecule has 0 spiro atoms. The number of benzene rings is 2. The number of rotatable bonds is 2. The second-order valence-corrected chi connectivity index (χ2v) is 4.41. The first-order valence-electron chi connectivity index (χ1n) is 5.89. The van der Waals surface area contributed by atoms with Crippen LogP contribution in [-0.4, -0.2) is 10.9 Å². The fourth-order valence-electron chi connectivity index (χ4n) is 2.35. The van der Waals surface area contributed by atoms with Crippen LogP contribution >= 0.6 is 0 Å². The van der Waals surface area contributed by atoms with E-state index in [4.69, 9.17) is 0 Å². The van der Waals surface area contributed by atoms with Crippen molar-refractivity contribution in [2.45, 2.75) is 0 Å². The molecule has 2 aromatic carbocycles. The molecule has 2 heteroatoms. The van der Waals surface area contributed by atoms with Crippen LogP contribution in [0.1, 0.15) is 10.4 Å². The summed E-state index contributed by atoms with van der Waals surface area (Å²) < 4.78 is 2.11. The van der Waals surface area contributed by atoms with Gasteiger partial charge in [-0.3, -0.25) is 4.79 Å². The van der Waals surface area contributed by atoms with Gasteiger partial charge in [-0.1, -0.05) is 36.4 Å². The van der Waals surface area contributed by atoms with Crippen molar-refractivity contribution in [2.75, 3.05) is 0 Å². The molecule has 0 saturated heterocycles. The van der Waals surface area contributed by atoms with Crippen LogP contribution in [0.3, 0.4) is 0 Å². The molecule has 88 valence electrons. The van der Waals surface area contributed by atoms with Crippen LogP contribution in [0.2, 0.25) is 0 Å². The zero-order valence-corrected chi connectivity index (χ0v) is 10.1. The highest BCUT2D eigenvalue weighted by molar-refractivity contribution is 5.96. The quantitative estimate of drug-likeness (QED) is 0.621. The second-order valence-electron chi connectivity index (χ2n) is 4.41. The smallest absolute Gasteiger partial charge is 0.150 e. The zero-order chi connectivity index (χ0) is 12.5. The summed E-state index contributed by atoms with van der Waals surface area (Å²) in [5.41, 5.74) is 4.15. The normalized spacial score (nSPS) is 10.7. The minimum atomic E-state index is 0.709. The van der Waals surface area contributed by atoms with Gasteiger partial charge in [-0.25, -0.2) is 0 Å². The topological polar surface area (TPSA) is 22.0 Å². The van der Waals surface area contributed by atoms with Crippen molar-refractivity contribution in [1.82, 2.24) is 4.57 Å². The predicted octanol–water partition coefficient (Wildman–Crippen LogP) is 3.66. The number of carbonyl (C=O) groups excluding carboxylic acids is 1. The number of hydrogen-bond donors (Lipinski definition) is 0. The molecule has 18 heavy (non-hydrogen) atoms. The molecular formula is C16H13NO. The number of para-hydroxylation sites is 1. The summed E-state index contributed by atoms with van der Waals surface area (Å²) >= 11 is 0. The Bertz CT molecular complexity index is 725. The lowest BCUT2D eigenvalue weighted by molar-refractivity contribution is 0.112. The maximum Gasteiger partial charge on any atom is 0.150 e. The van der Waals surface area contributed by atoms with E-state index in [0.29, 0.717) is 5.56 Å². The molecule has 1 aromatic heterocycles. The van der Waals surface area contributed by atoms with Crippen molar-refractivity contribution < 1.29 is 4.79 Å².